The van der Waals surface area contributed by atoms with Gasteiger partial charge in [-0.05, 0) is 27.6 Å². The Morgan fingerprint density at radius 2 is 2.06 bits per heavy atom. The van der Waals surface area contributed by atoms with Gasteiger partial charge in [0.1, 0.15) is 0 Å². The molecule has 18 heavy (non-hydrogen) atoms. The molecule has 0 aliphatic carbocycles. The molecule has 3 atom stereocenters. The van der Waals surface area contributed by atoms with Gasteiger partial charge in [-0.2, -0.15) is 0 Å². The maximum atomic E-state index is 6.11. The standard InChI is InChI=1S/C12H29N5O/c1-16(2)5-7-18-6-4-15-12-11(14)8-10(13)9-17(12)3/h10-12,15H,4-9,13-14H2,1-3H3. The van der Waals surface area contributed by atoms with Crippen LogP contribution < -0.4 is 16.8 Å². The molecule has 1 fully saturated rings. The summed E-state index contributed by atoms with van der Waals surface area (Å²) in [6.07, 6.45) is 1.09. The molecule has 1 heterocycles. The van der Waals surface area contributed by atoms with Gasteiger partial charge in [-0.15, -0.1) is 0 Å². The molecule has 0 amide bonds. The fourth-order valence-electron chi connectivity index (χ4n) is 2.30. The second-order valence-corrected chi connectivity index (χ2v) is 5.41. The molecule has 5 N–H and O–H groups in total. The molecule has 1 rings (SSSR count). The molecular weight excluding hydrogens is 230 g/mol. The highest BCUT2D eigenvalue weighted by Crippen LogP contribution is 2.11. The minimum atomic E-state index is 0.0977. The second-order valence-electron chi connectivity index (χ2n) is 5.41. The normalized spacial score (nSPS) is 30.0. The van der Waals surface area contributed by atoms with E-state index in [0.29, 0.717) is 0 Å². The number of ether oxygens (including phenoxy) is 1. The third kappa shape index (κ3) is 5.60. The van der Waals surface area contributed by atoms with Gasteiger partial charge in [0.05, 0.1) is 19.4 Å². The average Bonchev–Trinajstić information content (AvgIpc) is 2.25. The van der Waals surface area contributed by atoms with E-state index in [1.54, 1.807) is 0 Å². The van der Waals surface area contributed by atoms with Crippen LogP contribution in [0, 0.1) is 0 Å². The highest BCUT2D eigenvalue weighted by molar-refractivity contribution is 4.89. The number of hydrogen-bond acceptors (Lipinski definition) is 6. The molecule has 108 valence electrons. The first-order valence-corrected chi connectivity index (χ1v) is 6.68. The molecule has 6 nitrogen and oxygen atoms in total. The predicted molar refractivity (Wildman–Crippen MR) is 74.4 cm³/mol. The maximum absolute atomic E-state index is 6.11. The Bertz CT molecular complexity index is 215. The molecule has 1 aliphatic rings. The van der Waals surface area contributed by atoms with Gasteiger partial charge in [-0.1, -0.05) is 0 Å². The zero-order chi connectivity index (χ0) is 13.5. The van der Waals surface area contributed by atoms with Gasteiger partial charge in [-0.3, -0.25) is 10.2 Å². The minimum absolute atomic E-state index is 0.0977. The topological polar surface area (TPSA) is 79.8 Å². The van der Waals surface area contributed by atoms with E-state index in [4.69, 9.17) is 16.2 Å². The fraction of sp³-hybridized carbons (Fsp3) is 1.00. The van der Waals surface area contributed by atoms with E-state index in [1.807, 2.05) is 14.1 Å². The molecule has 0 bridgehead atoms. The van der Waals surface area contributed by atoms with Gasteiger partial charge < -0.3 is 21.1 Å². The van der Waals surface area contributed by atoms with E-state index < -0.39 is 0 Å². The van der Waals surface area contributed by atoms with Crippen LogP contribution >= 0.6 is 0 Å². The second kappa shape index (κ2) is 8.04. The zero-order valence-corrected chi connectivity index (χ0v) is 11.9. The van der Waals surface area contributed by atoms with Gasteiger partial charge in [0.15, 0.2) is 0 Å². The van der Waals surface area contributed by atoms with E-state index in [1.165, 1.54) is 0 Å². The van der Waals surface area contributed by atoms with Crippen LogP contribution in [0.2, 0.25) is 0 Å². The third-order valence-corrected chi connectivity index (χ3v) is 3.26. The lowest BCUT2D eigenvalue weighted by molar-refractivity contribution is 0.0875. The minimum Gasteiger partial charge on any atom is -0.379 e. The summed E-state index contributed by atoms with van der Waals surface area (Å²) >= 11 is 0. The van der Waals surface area contributed by atoms with Crippen LogP contribution in [0.15, 0.2) is 0 Å². The van der Waals surface area contributed by atoms with Gasteiger partial charge in [0.2, 0.25) is 0 Å². The summed E-state index contributed by atoms with van der Waals surface area (Å²) in [4.78, 5) is 4.30. The summed E-state index contributed by atoms with van der Waals surface area (Å²) in [7, 11) is 6.14. The van der Waals surface area contributed by atoms with Crippen LogP contribution in [0.1, 0.15) is 6.42 Å². The Morgan fingerprint density at radius 3 is 2.67 bits per heavy atom. The Kier molecular flexibility index (Phi) is 7.06. The quantitative estimate of drug-likeness (QED) is 0.482. The van der Waals surface area contributed by atoms with Gasteiger partial charge in [0.25, 0.3) is 0 Å². The zero-order valence-electron chi connectivity index (χ0n) is 11.9. The number of nitrogens with one attached hydrogen (secondary N) is 1. The van der Waals surface area contributed by atoms with E-state index in [2.05, 4.69) is 22.2 Å². The van der Waals surface area contributed by atoms with Crippen molar-refractivity contribution in [2.75, 3.05) is 54.0 Å². The molecular formula is C12H29N5O. The van der Waals surface area contributed by atoms with E-state index in [-0.39, 0.29) is 18.2 Å². The van der Waals surface area contributed by atoms with Crippen molar-refractivity contribution in [3.8, 4) is 0 Å². The maximum Gasteiger partial charge on any atom is 0.0752 e. The van der Waals surface area contributed by atoms with Crippen molar-refractivity contribution in [3.63, 3.8) is 0 Å². The van der Waals surface area contributed by atoms with E-state index in [9.17, 15) is 0 Å². The van der Waals surface area contributed by atoms with Crippen molar-refractivity contribution in [2.24, 2.45) is 11.5 Å². The average molecular weight is 259 g/mol. The van der Waals surface area contributed by atoms with Crippen molar-refractivity contribution in [1.29, 1.82) is 0 Å². The van der Waals surface area contributed by atoms with Crippen molar-refractivity contribution in [1.82, 2.24) is 15.1 Å². The first-order chi connectivity index (χ1) is 8.50. The van der Waals surface area contributed by atoms with E-state index >= 15 is 0 Å². The molecule has 0 aromatic heterocycles. The Labute approximate surface area is 111 Å². The molecule has 1 saturated heterocycles. The molecule has 0 aromatic rings. The molecule has 6 heteroatoms. The van der Waals surface area contributed by atoms with Crippen LogP contribution in [0.5, 0.6) is 0 Å². The van der Waals surface area contributed by atoms with Crippen LogP contribution in [-0.2, 0) is 4.74 Å². The first-order valence-electron chi connectivity index (χ1n) is 6.68. The summed E-state index contributed by atoms with van der Waals surface area (Å²) in [6, 6.07) is 0.292. The van der Waals surface area contributed by atoms with Crippen molar-refractivity contribution < 1.29 is 4.74 Å². The highest BCUT2D eigenvalue weighted by atomic mass is 16.5. The number of hydrogen-bond donors (Lipinski definition) is 3. The third-order valence-electron chi connectivity index (χ3n) is 3.26. The van der Waals surface area contributed by atoms with Crippen molar-refractivity contribution in [3.05, 3.63) is 0 Å². The number of nitrogens with two attached hydrogens (primary N) is 2. The van der Waals surface area contributed by atoms with Crippen LogP contribution in [0.4, 0.5) is 0 Å². The van der Waals surface area contributed by atoms with Crippen LogP contribution in [0.3, 0.4) is 0 Å². The van der Waals surface area contributed by atoms with E-state index in [0.717, 1.165) is 39.3 Å². The smallest absolute Gasteiger partial charge is 0.0752 e. The van der Waals surface area contributed by atoms with Crippen LogP contribution in [0.25, 0.3) is 0 Å². The number of likely N-dealkylation sites (tertiary alicyclic amines) is 1. The summed E-state index contributed by atoms with van der Waals surface area (Å²) in [5.74, 6) is 0. The SMILES string of the molecule is CN(C)CCOCCNC1C(N)CC(N)CN1C. The van der Waals surface area contributed by atoms with Crippen molar-refractivity contribution >= 4 is 0 Å². The van der Waals surface area contributed by atoms with Crippen molar-refractivity contribution in [2.45, 2.75) is 24.7 Å². The Morgan fingerprint density at radius 1 is 1.33 bits per heavy atom. The fourth-order valence-corrected chi connectivity index (χ4v) is 2.30. The molecule has 1 aliphatic heterocycles. The number of nitrogens with zero attached hydrogens (tertiary/aromatic N) is 2. The lowest BCUT2D eigenvalue weighted by Crippen LogP contribution is -2.63. The lowest BCUT2D eigenvalue weighted by Gasteiger charge is -2.40. The monoisotopic (exact) mass is 259 g/mol. The summed E-state index contributed by atoms with van der Waals surface area (Å²) in [6.45, 7) is 4.17. The molecule has 0 saturated carbocycles. The highest BCUT2D eigenvalue weighted by Gasteiger charge is 2.29. The molecule has 0 radical (unpaired) electrons. The summed E-state index contributed by atoms with van der Waals surface area (Å²) < 4.78 is 5.54. The lowest BCUT2D eigenvalue weighted by atomic mass is 9.99. The number of likely N-dealkylation sites (N-methyl/N-ethyl adjacent to an activating group) is 2. The Balaban J connectivity index is 2.11. The molecule has 0 spiro atoms. The van der Waals surface area contributed by atoms with Gasteiger partial charge >= 0.3 is 0 Å². The largest absolute Gasteiger partial charge is 0.379 e. The predicted octanol–water partition coefficient (Wildman–Crippen LogP) is -1.53. The molecule has 3 unspecified atom stereocenters. The molecule has 0 aromatic carbocycles. The number of rotatable bonds is 7. The summed E-state index contributed by atoms with van der Waals surface area (Å²) in [5.41, 5.74) is 12.0. The Hall–Kier alpha value is -0.240. The van der Waals surface area contributed by atoms with Crippen LogP contribution in [-0.4, -0.2) is 82.0 Å². The number of piperidine rings is 1. The van der Waals surface area contributed by atoms with Gasteiger partial charge in [-0.25, -0.2) is 0 Å². The first kappa shape index (κ1) is 15.8. The summed E-state index contributed by atoms with van der Waals surface area (Å²) in [5, 5.41) is 3.44. The van der Waals surface area contributed by atoms with Gasteiger partial charge in [0, 0.05) is 31.7 Å².